The van der Waals surface area contributed by atoms with Gasteiger partial charge in [-0.1, -0.05) is 11.8 Å². The van der Waals surface area contributed by atoms with Gasteiger partial charge in [0.25, 0.3) is 0 Å². The molecule has 0 aromatic carbocycles. The van der Waals surface area contributed by atoms with Crippen molar-refractivity contribution in [2.24, 2.45) is 0 Å². The lowest BCUT2D eigenvalue weighted by Gasteiger charge is -2.23. The molecule has 7 nitrogen and oxygen atoms in total. The topological polar surface area (TPSA) is 81.3 Å². The molecule has 1 amide bonds. The fraction of sp³-hybridized carbons (Fsp3) is 0.579. The number of nitrogens with one attached hydrogen (secondary N) is 2. The molecule has 3 rings (SSSR count). The van der Waals surface area contributed by atoms with E-state index in [4.69, 9.17) is 0 Å². The van der Waals surface area contributed by atoms with Crippen molar-refractivity contribution in [3.05, 3.63) is 33.3 Å². The Labute approximate surface area is 173 Å². The van der Waals surface area contributed by atoms with E-state index in [1.54, 1.807) is 6.20 Å². The lowest BCUT2D eigenvalue weighted by atomic mass is 9.97. The molecule has 152 valence electrons. The van der Waals surface area contributed by atoms with Crippen LogP contribution in [0, 0.1) is 0 Å². The number of aromatic nitrogens is 3. The number of hydrogen-bond donors (Lipinski definition) is 2. The van der Waals surface area contributed by atoms with Crippen LogP contribution in [-0.2, 0) is 24.2 Å². The summed E-state index contributed by atoms with van der Waals surface area (Å²) in [6.45, 7) is 8.11. The molecular weight excluding hydrogens is 394 g/mol. The minimum absolute atomic E-state index is 0.124. The van der Waals surface area contributed by atoms with Crippen LogP contribution in [0.2, 0.25) is 0 Å². The third kappa shape index (κ3) is 5.21. The number of anilines is 1. The Morgan fingerprint density at radius 3 is 2.82 bits per heavy atom. The lowest BCUT2D eigenvalue weighted by Crippen LogP contribution is -3.11. The monoisotopic (exact) mass is 422 g/mol. The summed E-state index contributed by atoms with van der Waals surface area (Å²) in [4.78, 5) is 34.8. The summed E-state index contributed by atoms with van der Waals surface area (Å²) < 4.78 is 1.87. The second-order valence-corrected chi connectivity index (χ2v) is 8.72. The number of hydrogen-bond acceptors (Lipinski definition) is 6. The SMILES string of the molecule is CC[NH+](CC)CCn1c2c(c(SCC(=O)Nc3nccs3)nc1=O)CCCC2. The zero-order chi connectivity index (χ0) is 19.9. The third-order valence-electron chi connectivity index (χ3n) is 5.16. The van der Waals surface area contributed by atoms with E-state index < -0.39 is 0 Å². The van der Waals surface area contributed by atoms with E-state index in [9.17, 15) is 9.59 Å². The second kappa shape index (κ2) is 10.2. The summed E-state index contributed by atoms with van der Waals surface area (Å²) in [5, 5.41) is 5.91. The number of thiazole rings is 1. The summed E-state index contributed by atoms with van der Waals surface area (Å²) in [7, 11) is 0. The first-order chi connectivity index (χ1) is 13.6. The zero-order valence-electron chi connectivity index (χ0n) is 16.5. The maximum absolute atomic E-state index is 12.7. The number of carbonyl (C=O) groups is 1. The zero-order valence-corrected chi connectivity index (χ0v) is 18.1. The van der Waals surface area contributed by atoms with Gasteiger partial charge in [-0.15, -0.1) is 11.3 Å². The van der Waals surface area contributed by atoms with Gasteiger partial charge < -0.3 is 10.2 Å². The predicted molar refractivity (Wildman–Crippen MR) is 114 cm³/mol. The number of likely N-dealkylation sites (N-methyl/N-ethyl adjacent to an activating group) is 1. The molecule has 0 saturated heterocycles. The fourth-order valence-electron chi connectivity index (χ4n) is 3.55. The molecule has 0 radical (unpaired) electrons. The summed E-state index contributed by atoms with van der Waals surface area (Å²) in [5.41, 5.74) is 2.10. The smallest absolute Gasteiger partial charge is 0.334 e. The van der Waals surface area contributed by atoms with Crippen LogP contribution < -0.4 is 15.9 Å². The number of nitrogens with zero attached hydrogens (tertiary/aromatic N) is 3. The van der Waals surface area contributed by atoms with Crippen molar-refractivity contribution in [1.82, 2.24) is 14.5 Å². The quantitative estimate of drug-likeness (QED) is 0.469. The fourth-order valence-corrected chi connectivity index (χ4v) is 4.97. The molecule has 2 N–H and O–H groups in total. The number of carbonyl (C=O) groups excluding carboxylic acids is 1. The molecule has 1 aliphatic carbocycles. The Kier molecular flexibility index (Phi) is 7.64. The normalized spacial score (nSPS) is 13.5. The number of thioether (sulfide) groups is 1. The molecule has 0 atom stereocenters. The van der Waals surface area contributed by atoms with Crippen molar-refractivity contribution in [2.45, 2.75) is 51.1 Å². The van der Waals surface area contributed by atoms with E-state index in [0.717, 1.165) is 61.6 Å². The number of amides is 1. The summed E-state index contributed by atoms with van der Waals surface area (Å²) >= 11 is 2.74. The molecule has 0 unspecified atom stereocenters. The minimum atomic E-state index is -0.185. The lowest BCUT2D eigenvalue weighted by molar-refractivity contribution is -0.897. The van der Waals surface area contributed by atoms with Crippen molar-refractivity contribution in [3.8, 4) is 0 Å². The molecule has 2 heterocycles. The highest BCUT2D eigenvalue weighted by atomic mass is 32.2. The van der Waals surface area contributed by atoms with Gasteiger partial charge in [0.15, 0.2) is 5.13 Å². The van der Waals surface area contributed by atoms with Crippen LogP contribution in [0.4, 0.5) is 5.13 Å². The van der Waals surface area contributed by atoms with Gasteiger partial charge in [-0.3, -0.25) is 9.36 Å². The van der Waals surface area contributed by atoms with Crippen molar-refractivity contribution in [3.63, 3.8) is 0 Å². The first-order valence-corrected chi connectivity index (χ1v) is 11.8. The maximum atomic E-state index is 12.7. The average Bonchev–Trinajstić information content (AvgIpc) is 3.21. The molecular formula is C19H28N5O2S2+. The average molecular weight is 423 g/mol. The summed E-state index contributed by atoms with van der Waals surface area (Å²) in [5.74, 6) is 0.104. The van der Waals surface area contributed by atoms with Crippen molar-refractivity contribution >= 4 is 34.1 Å². The standard InChI is InChI=1S/C19H27N5O2S2/c1-3-23(4-2)10-11-24-15-8-6-5-7-14(15)17(22-19(24)26)28-13-16(25)21-18-20-9-12-27-18/h9,12H,3-8,10-11,13H2,1-2H3,(H,20,21,25)/p+1. The Morgan fingerprint density at radius 1 is 1.32 bits per heavy atom. The number of rotatable bonds is 9. The Bertz CT molecular complexity index is 847. The van der Waals surface area contributed by atoms with Crippen LogP contribution in [0.3, 0.4) is 0 Å². The van der Waals surface area contributed by atoms with E-state index in [1.165, 1.54) is 28.0 Å². The molecule has 1 aliphatic rings. The van der Waals surface area contributed by atoms with Gasteiger partial charge in [-0.25, -0.2) is 9.78 Å². The van der Waals surface area contributed by atoms with Crippen LogP contribution in [0.1, 0.15) is 37.9 Å². The van der Waals surface area contributed by atoms with Gasteiger partial charge in [-0.2, -0.15) is 4.98 Å². The molecule has 2 aromatic heterocycles. The van der Waals surface area contributed by atoms with Crippen molar-refractivity contribution < 1.29 is 9.69 Å². The van der Waals surface area contributed by atoms with Crippen LogP contribution in [0.25, 0.3) is 0 Å². The van der Waals surface area contributed by atoms with Crippen LogP contribution >= 0.6 is 23.1 Å². The van der Waals surface area contributed by atoms with Gasteiger partial charge in [0.2, 0.25) is 5.91 Å². The first-order valence-electron chi connectivity index (χ1n) is 9.90. The molecule has 0 saturated carbocycles. The highest BCUT2D eigenvalue weighted by Gasteiger charge is 2.21. The van der Waals surface area contributed by atoms with Gasteiger partial charge >= 0.3 is 5.69 Å². The highest BCUT2D eigenvalue weighted by Crippen LogP contribution is 2.28. The maximum Gasteiger partial charge on any atom is 0.349 e. The molecule has 28 heavy (non-hydrogen) atoms. The van der Waals surface area contributed by atoms with E-state index in [0.29, 0.717) is 11.7 Å². The molecule has 0 bridgehead atoms. The molecule has 9 heteroatoms. The van der Waals surface area contributed by atoms with E-state index in [2.05, 4.69) is 29.1 Å². The van der Waals surface area contributed by atoms with Gasteiger partial charge in [0.05, 0.1) is 31.9 Å². The van der Waals surface area contributed by atoms with E-state index in [-0.39, 0.29) is 17.3 Å². The molecule has 0 aliphatic heterocycles. The Morgan fingerprint density at radius 2 is 2.11 bits per heavy atom. The van der Waals surface area contributed by atoms with E-state index in [1.807, 2.05) is 9.95 Å². The highest BCUT2D eigenvalue weighted by molar-refractivity contribution is 8.00. The van der Waals surface area contributed by atoms with Crippen LogP contribution in [-0.4, -0.2) is 45.8 Å². The van der Waals surface area contributed by atoms with Gasteiger partial charge in [0.1, 0.15) is 5.03 Å². The predicted octanol–water partition coefficient (Wildman–Crippen LogP) is 1.23. The summed E-state index contributed by atoms with van der Waals surface area (Å²) in [6.07, 6.45) is 5.71. The van der Waals surface area contributed by atoms with Crippen molar-refractivity contribution in [2.75, 3.05) is 30.7 Å². The minimum Gasteiger partial charge on any atom is -0.334 e. The third-order valence-corrected chi connectivity index (χ3v) is 6.86. The Hall–Kier alpha value is -1.71. The number of quaternary nitrogens is 1. The van der Waals surface area contributed by atoms with Crippen molar-refractivity contribution in [1.29, 1.82) is 0 Å². The second-order valence-electron chi connectivity index (χ2n) is 6.86. The first kappa shape index (κ1) is 21.0. The van der Waals surface area contributed by atoms with Gasteiger partial charge in [-0.05, 0) is 39.5 Å². The molecule has 0 spiro atoms. The molecule has 0 fully saturated rings. The van der Waals surface area contributed by atoms with Crippen LogP contribution in [0.5, 0.6) is 0 Å². The molecule has 2 aromatic rings. The number of fused-ring (bicyclic) bond motifs is 1. The Balaban J connectivity index is 1.74. The van der Waals surface area contributed by atoms with Gasteiger partial charge in [0, 0.05) is 22.8 Å². The van der Waals surface area contributed by atoms with E-state index >= 15 is 0 Å². The largest absolute Gasteiger partial charge is 0.349 e. The van der Waals surface area contributed by atoms with Crippen LogP contribution in [0.15, 0.2) is 21.4 Å². The summed E-state index contributed by atoms with van der Waals surface area (Å²) in [6, 6.07) is 0.